The Morgan fingerprint density at radius 1 is 1.14 bits per heavy atom. The van der Waals surface area contributed by atoms with Gasteiger partial charge in [-0.1, -0.05) is 18.2 Å². The van der Waals surface area contributed by atoms with Crippen LogP contribution in [-0.2, 0) is 6.42 Å². The average molecular weight is 386 g/mol. The summed E-state index contributed by atoms with van der Waals surface area (Å²) in [6, 6.07) is 11.6. The van der Waals surface area contributed by atoms with E-state index in [1.165, 1.54) is 23.2 Å². The van der Waals surface area contributed by atoms with Crippen molar-refractivity contribution < 1.29 is 4.39 Å². The lowest BCUT2D eigenvalue weighted by molar-refractivity contribution is 0.622. The average Bonchev–Trinajstić information content (AvgIpc) is 3.32. The zero-order valence-corrected chi connectivity index (χ0v) is 15.9. The van der Waals surface area contributed by atoms with Crippen molar-refractivity contribution in [3.8, 4) is 11.3 Å². The number of rotatable bonds is 5. The number of nitrogens with one attached hydrogen (secondary N) is 2. The molecule has 0 atom stereocenters. The van der Waals surface area contributed by atoms with Crippen molar-refractivity contribution in [3.05, 3.63) is 78.1 Å². The predicted octanol–water partition coefficient (Wildman–Crippen LogP) is 4.37. The first kappa shape index (κ1) is 17.4. The van der Waals surface area contributed by atoms with Crippen molar-refractivity contribution in [1.82, 2.24) is 24.6 Å². The zero-order chi connectivity index (χ0) is 19.8. The standard InChI is InChI=1S/C22H19FN6/c1-14-10-27-29-20(16-8-17(23)13-24-11-16)9-21(28-22(14)29)25-7-6-15-12-26-19-5-3-2-4-18(15)19/h2-5,8-13,26H,6-7H2,1H3,(H,25,28). The molecule has 5 rings (SSSR count). The quantitative estimate of drug-likeness (QED) is 0.470. The van der Waals surface area contributed by atoms with Gasteiger partial charge in [0, 0.05) is 47.0 Å². The molecule has 0 aliphatic carbocycles. The molecule has 0 aliphatic rings. The van der Waals surface area contributed by atoms with Crippen LogP contribution in [0.1, 0.15) is 11.1 Å². The van der Waals surface area contributed by atoms with Crippen LogP contribution in [0.5, 0.6) is 0 Å². The maximum atomic E-state index is 13.7. The Balaban J connectivity index is 1.45. The van der Waals surface area contributed by atoms with Gasteiger partial charge in [-0.05, 0) is 31.0 Å². The number of nitrogens with zero attached hydrogens (tertiary/aromatic N) is 4. The van der Waals surface area contributed by atoms with E-state index in [1.807, 2.05) is 31.3 Å². The van der Waals surface area contributed by atoms with E-state index >= 15 is 0 Å². The Hall–Kier alpha value is -3.74. The molecular formula is C22H19FN6. The number of hydrogen-bond donors (Lipinski definition) is 2. The van der Waals surface area contributed by atoms with Gasteiger partial charge >= 0.3 is 0 Å². The van der Waals surface area contributed by atoms with Crippen LogP contribution in [0, 0.1) is 12.7 Å². The predicted molar refractivity (Wildman–Crippen MR) is 111 cm³/mol. The van der Waals surface area contributed by atoms with Crippen LogP contribution in [0.2, 0.25) is 0 Å². The third kappa shape index (κ3) is 3.20. The fourth-order valence-corrected chi connectivity index (χ4v) is 3.58. The molecular weight excluding hydrogens is 367 g/mol. The molecule has 0 bridgehead atoms. The minimum absolute atomic E-state index is 0.384. The molecule has 0 radical (unpaired) electrons. The number of fused-ring (bicyclic) bond motifs is 2. The lowest BCUT2D eigenvalue weighted by Crippen LogP contribution is -2.08. The normalized spacial score (nSPS) is 11.4. The summed E-state index contributed by atoms with van der Waals surface area (Å²) in [5.74, 6) is 0.338. The summed E-state index contributed by atoms with van der Waals surface area (Å²) in [5.41, 5.74) is 5.48. The fraction of sp³-hybridized carbons (Fsp3) is 0.136. The van der Waals surface area contributed by atoms with Crippen molar-refractivity contribution >= 4 is 22.4 Å². The number of benzene rings is 1. The summed E-state index contributed by atoms with van der Waals surface area (Å²) in [6.45, 7) is 2.68. The Labute approximate surface area is 166 Å². The molecule has 2 N–H and O–H groups in total. The largest absolute Gasteiger partial charge is 0.370 e. The summed E-state index contributed by atoms with van der Waals surface area (Å²) in [7, 11) is 0. The summed E-state index contributed by atoms with van der Waals surface area (Å²) < 4.78 is 15.4. The molecule has 0 saturated heterocycles. The van der Waals surface area contributed by atoms with Crippen LogP contribution in [0.15, 0.2) is 61.2 Å². The molecule has 0 amide bonds. The number of anilines is 1. The van der Waals surface area contributed by atoms with Crippen molar-refractivity contribution in [1.29, 1.82) is 0 Å². The number of H-pyrrole nitrogens is 1. The first-order valence-electron chi connectivity index (χ1n) is 9.44. The van der Waals surface area contributed by atoms with Gasteiger partial charge in [-0.15, -0.1) is 0 Å². The van der Waals surface area contributed by atoms with Crippen molar-refractivity contribution in [2.45, 2.75) is 13.3 Å². The molecule has 4 aromatic heterocycles. The van der Waals surface area contributed by atoms with Gasteiger partial charge in [0.25, 0.3) is 0 Å². The highest BCUT2D eigenvalue weighted by Gasteiger charge is 2.12. The smallest absolute Gasteiger partial charge is 0.160 e. The molecule has 0 unspecified atom stereocenters. The minimum Gasteiger partial charge on any atom is -0.370 e. The van der Waals surface area contributed by atoms with Crippen molar-refractivity contribution in [2.24, 2.45) is 0 Å². The molecule has 0 spiro atoms. The topological polar surface area (TPSA) is 70.9 Å². The zero-order valence-electron chi connectivity index (χ0n) is 15.9. The second kappa shape index (κ2) is 7.01. The highest BCUT2D eigenvalue weighted by molar-refractivity contribution is 5.83. The van der Waals surface area contributed by atoms with Gasteiger partial charge in [0.15, 0.2) is 5.65 Å². The Morgan fingerprint density at radius 2 is 2.03 bits per heavy atom. The van der Waals surface area contributed by atoms with Crippen LogP contribution in [0.3, 0.4) is 0 Å². The first-order chi connectivity index (χ1) is 14.2. The first-order valence-corrected chi connectivity index (χ1v) is 9.44. The van der Waals surface area contributed by atoms with Crippen LogP contribution in [-0.4, -0.2) is 31.1 Å². The summed E-state index contributed by atoms with van der Waals surface area (Å²) >= 11 is 0. The van der Waals surface area contributed by atoms with E-state index in [2.05, 4.69) is 32.5 Å². The third-order valence-corrected chi connectivity index (χ3v) is 5.02. The van der Waals surface area contributed by atoms with Gasteiger partial charge in [0.2, 0.25) is 0 Å². The Morgan fingerprint density at radius 3 is 2.93 bits per heavy atom. The minimum atomic E-state index is -0.384. The van der Waals surface area contributed by atoms with Gasteiger partial charge < -0.3 is 10.3 Å². The molecule has 0 fully saturated rings. The van der Waals surface area contributed by atoms with Crippen molar-refractivity contribution in [2.75, 3.05) is 11.9 Å². The van der Waals surface area contributed by atoms with Crippen LogP contribution in [0.25, 0.3) is 27.8 Å². The van der Waals surface area contributed by atoms with Crippen molar-refractivity contribution in [3.63, 3.8) is 0 Å². The molecule has 1 aromatic carbocycles. The Kier molecular flexibility index (Phi) is 4.20. The van der Waals surface area contributed by atoms with Crippen LogP contribution < -0.4 is 5.32 Å². The highest BCUT2D eigenvalue weighted by atomic mass is 19.1. The van der Waals surface area contributed by atoms with Gasteiger partial charge in [0.05, 0.1) is 18.1 Å². The van der Waals surface area contributed by atoms with Crippen LogP contribution >= 0.6 is 0 Å². The van der Waals surface area contributed by atoms with E-state index < -0.39 is 0 Å². The lowest BCUT2D eigenvalue weighted by atomic mass is 10.1. The van der Waals surface area contributed by atoms with E-state index in [0.29, 0.717) is 5.56 Å². The SMILES string of the molecule is Cc1cnn2c(-c3cncc(F)c3)cc(NCCc3c[nH]c4ccccc34)nc12. The molecule has 7 heteroatoms. The second-order valence-electron chi connectivity index (χ2n) is 7.02. The number of pyridine rings is 1. The van der Waals surface area contributed by atoms with E-state index in [9.17, 15) is 4.39 Å². The summed E-state index contributed by atoms with van der Waals surface area (Å²) in [4.78, 5) is 12.0. The van der Waals surface area contributed by atoms with E-state index in [-0.39, 0.29) is 5.82 Å². The summed E-state index contributed by atoms with van der Waals surface area (Å²) in [5, 5.41) is 9.03. The number of aromatic nitrogens is 5. The van der Waals surface area contributed by atoms with Gasteiger partial charge in [-0.25, -0.2) is 13.9 Å². The fourth-order valence-electron chi connectivity index (χ4n) is 3.58. The number of para-hydroxylation sites is 1. The van der Waals surface area contributed by atoms with Gasteiger partial charge in [-0.3, -0.25) is 4.98 Å². The molecule has 0 aliphatic heterocycles. The molecule has 4 heterocycles. The monoisotopic (exact) mass is 386 g/mol. The second-order valence-corrected chi connectivity index (χ2v) is 7.02. The molecule has 29 heavy (non-hydrogen) atoms. The third-order valence-electron chi connectivity index (χ3n) is 5.02. The van der Waals surface area contributed by atoms with E-state index in [1.54, 1.807) is 16.9 Å². The number of hydrogen-bond acceptors (Lipinski definition) is 4. The maximum absolute atomic E-state index is 13.7. The highest BCUT2D eigenvalue weighted by Crippen LogP contribution is 2.24. The van der Waals surface area contributed by atoms with E-state index in [0.717, 1.165) is 41.2 Å². The number of halogens is 1. The van der Waals surface area contributed by atoms with Gasteiger partial charge in [-0.2, -0.15) is 5.10 Å². The van der Waals surface area contributed by atoms with Gasteiger partial charge in [0.1, 0.15) is 11.6 Å². The number of aromatic amines is 1. The summed E-state index contributed by atoms with van der Waals surface area (Å²) in [6.07, 6.45) is 7.48. The number of aryl methyl sites for hydroxylation is 1. The maximum Gasteiger partial charge on any atom is 0.160 e. The molecule has 0 saturated carbocycles. The molecule has 6 nitrogen and oxygen atoms in total. The lowest BCUT2D eigenvalue weighted by Gasteiger charge is -2.10. The Bertz CT molecular complexity index is 1320. The van der Waals surface area contributed by atoms with E-state index in [4.69, 9.17) is 4.98 Å². The molecule has 144 valence electrons. The van der Waals surface area contributed by atoms with Crippen LogP contribution in [0.4, 0.5) is 10.2 Å². The molecule has 5 aromatic rings.